The molecule has 0 aliphatic heterocycles. The minimum atomic E-state index is 0.0647. The van der Waals surface area contributed by atoms with E-state index < -0.39 is 0 Å². The summed E-state index contributed by atoms with van der Waals surface area (Å²) in [5.74, 6) is 0.0647. The second kappa shape index (κ2) is 5.32. The number of rotatable bonds is 4. The lowest BCUT2D eigenvalue weighted by Gasteiger charge is -2.01. The lowest BCUT2D eigenvalue weighted by Crippen LogP contribution is -2.02. The Morgan fingerprint density at radius 1 is 1.18 bits per heavy atom. The van der Waals surface area contributed by atoms with Gasteiger partial charge in [-0.25, -0.2) is 0 Å². The summed E-state index contributed by atoms with van der Waals surface area (Å²) in [5, 5.41) is 0. The Morgan fingerprint density at radius 3 is 2.35 bits per heavy atom. The molecule has 1 heterocycles. The Balaban J connectivity index is 2.10. The molecule has 0 aliphatic rings. The molecule has 0 aliphatic carbocycles. The smallest absolute Gasteiger partial charge is 0.179 e. The van der Waals surface area contributed by atoms with Gasteiger partial charge < -0.3 is 4.42 Å². The van der Waals surface area contributed by atoms with Crippen molar-refractivity contribution in [3.8, 4) is 0 Å². The first-order valence-electron chi connectivity index (χ1n) is 5.54. The van der Waals surface area contributed by atoms with Gasteiger partial charge in [-0.1, -0.05) is 31.2 Å². The third kappa shape index (κ3) is 2.86. The van der Waals surface area contributed by atoms with E-state index in [1.807, 2.05) is 12.1 Å². The zero-order chi connectivity index (χ0) is 12.3. The fourth-order valence-electron chi connectivity index (χ4n) is 1.67. The third-order valence-corrected chi connectivity index (χ3v) is 3.33. The van der Waals surface area contributed by atoms with Gasteiger partial charge in [-0.05, 0) is 39.5 Å². The van der Waals surface area contributed by atoms with Gasteiger partial charge in [-0.15, -0.1) is 0 Å². The number of halogens is 1. The Hall–Kier alpha value is -1.35. The van der Waals surface area contributed by atoms with E-state index in [0.29, 0.717) is 16.7 Å². The quantitative estimate of drug-likeness (QED) is 0.797. The number of benzene rings is 1. The standard InChI is InChI=1S/C14H13BrO2/c1-2-10-3-5-11(6-4-10)9-13(16)12-7-8-17-14(12)15/h3-8H,2,9H2,1H3. The fraction of sp³-hybridized carbons (Fsp3) is 0.214. The molecule has 2 aromatic rings. The third-order valence-electron chi connectivity index (χ3n) is 2.71. The number of hydrogen-bond donors (Lipinski definition) is 0. The number of furan rings is 1. The highest BCUT2D eigenvalue weighted by molar-refractivity contribution is 9.10. The normalized spacial score (nSPS) is 10.5. The molecule has 0 atom stereocenters. The van der Waals surface area contributed by atoms with Crippen molar-refractivity contribution in [2.75, 3.05) is 0 Å². The van der Waals surface area contributed by atoms with Gasteiger partial charge in [0.1, 0.15) is 0 Å². The van der Waals surface area contributed by atoms with Gasteiger partial charge in [-0.3, -0.25) is 4.79 Å². The summed E-state index contributed by atoms with van der Waals surface area (Å²) in [6, 6.07) is 9.82. The van der Waals surface area contributed by atoms with Crippen molar-refractivity contribution in [2.45, 2.75) is 19.8 Å². The Morgan fingerprint density at radius 2 is 1.82 bits per heavy atom. The van der Waals surface area contributed by atoms with Crippen molar-refractivity contribution in [1.29, 1.82) is 0 Å². The molecule has 1 aromatic carbocycles. The van der Waals surface area contributed by atoms with Crippen molar-refractivity contribution in [1.82, 2.24) is 0 Å². The fourth-order valence-corrected chi connectivity index (χ4v) is 2.13. The van der Waals surface area contributed by atoms with Crippen molar-refractivity contribution < 1.29 is 9.21 Å². The van der Waals surface area contributed by atoms with Crippen LogP contribution in [0.5, 0.6) is 0 Å². The molecular formula is C14H13BrO2. The molecule has 17 heavy (non-hydrogen) atoms. The Kier molecular flexibility index (Phi) is 3.79. The summed E-state index contributed by atoms with van der Waals surface area (Å²) in [4.78, 5) is 12.0. The second-order valence-corrected chi connectivity index (χ2v) is 4.60. The second-order valence-electron chi connectivity index (χ2n) is 3.88. The maximum Gasteiger partial charge on any atom is 0.179 e. The highest BCUT2D eigenvalue weighted by atomic mass is 79.9. The van der Waals surface area contributed by atoms with Crippen LogP contribution in [0, 0.1) is 0 Å². The van der Waals surface area contributed by atoms with Crippen LogP contribution in [0.4, 0.5) is 0 Å². The van der Waals surface area contributed by atoms with Crippen LogP contribution < -0.4 is 0 Å². The molecule has 0 amide bonds. The van der Waals surface area contributed by atoms with Gasteiger partial charge in [0.05, 0.1) is 11.8 Å². The molecule has 0 fully saturated rings. The largest absolute Gasteiger partial charge is 0.457 e. The minimum Gasteiger partial charge on any atom is -0.457 e. The predicted molar refractivity (Wildman–Crippen MR) is 70.3 cm³/mol. The van der Waals surface area contributed by atoms with Gasteiger partial charge >= 0.3 is 0 Å². The van der Waals surface area contributed by atoms with Gasteiger partial charge in [-0.2, -0.15) is 0 Å². The van der Waals surface area contributed by atoms with Crippen LogP contribution in [0.2, 0.25) is 0 Å². The van der Waals surface area contributed by atoms with Crippen LogP contribution in [0.25, 0.3) is 0 Å². The molecule has 0 saturated heterocycles. The lowest BCUT2D eigenvalue weighted by molar-refractivity contribution is 0.0991. The Labute approximate surface area is 109 Å². The van der Waals surface area contributed by atoms with E-state index in [-0.39, 0.29) is 5.78 Å². The summed E-state index contributed by atoms with van der Waals surface area (Å²) < 4.78 is 5.56. The Bertz CT molecular complexity index is 511. The molecule has 88 valence electrons. The molecule has 0 N–H and O–H groups in total. The zero-order valence-electron chi connectivity index (χ0n) is 9.57. The number of aryl methyl sites for hydroxylation is 1. The molecule has 2 nitrogen and oxygen atoms in total. The van der Waals surface area contributed by atoms with Gasteiger partial charge in [0.25, 0.3) is 0 Å². The summed E-state index contributed by atoms with van der Waals surface area (Å²) in [6.07, 6.45) is 2.93. The van der Waals surface area contributed by atoms with E-state index in [1.165, 1.54) is 11.8 Å². The SMILES string of the molecule is CCc1ccc(CC(=O)c2ccoc2Br)cc1. The van der Waals surface area contributed by atoms with Gasteiger partial charge in [0, 0.05) is 6.42 Å². The predicted octanol–water partition coefficient (Wildman–Crippen LogP) is 4.03. The van der Waals surface area contributed by atoms with E-state index in [4.69, 9.17) is 4.42 Å². The topological polar surface area (TPSA) is 30.2 Å². The van der Waals surface area contributed by atoms with E-state index in [0.717, 1.165) is 12.0 Å². The van der Waals surface area contributed by atoms with E-state index in [9.17, 15) is 4.79 Å². The molecule has 0 unspecified atom stereocenters. The first kappa shape index (κ1) is 12.1. The molecule has 2 rings (SSSR count). The van der Waals surface area contributed by atoms with Crippen molar-refractivity contribution in [3.63, 3.8) is 0 Å². The highest BCUT2D eigenvalue weighted by Gasteiger charge is 2.12. The maximum atomic E-state index is 12.0. The van der Waals surface area contributed by atoms with Crippen molar-refractivity contribution in [2.24, 2.45) is 0 Å². The number of carbonyl (C=O) groups excluding carboxylic acids is 1. The van der Waals surface area contributed by atoms with Gasteiger partial charge in [0.15, 0.2) is 10.5 Å². The molecule has 1 aromatic heterocycles. The number of hydrogen-bond acceptors (Lipinski definition) is 2. The van der Waals surface area contributed by atoms with E-state index >= 15 is 0 Å². The number of Topliss-reactive ketones (excluding diaryl/α,β-unsaturated/α-hetero) is 1. The highest BCUT2D eigenvalue weighted by Crippen LogP contribution is 2.19. The zero-order valence-corrected chi connectivity index (χ0v) is 11.2. The number of ketones is 1. The summed E-state index contributed by atoms with van der Waals surface area (Å²) >= 11 is 3.22. The van der Waals surface area contributed by atoms with E-state index in [1.54, 1.807) is 6.07 Å². The van der Waals surface area contributed by atoms with Crippen LogP contribution in [0.3, 0.4) is 0 Å². The first-order chi connectivity index (χ1) is 8.20. The van der Waals surface area contributed by atoms with Crippen LogP contribution in [0.15, 0.2) is 45.7 Å². The first-order valence-corrected chi connectivity index (χ1v) is 6.34. The number of carbonyl (C=O) groups is 1. The van der Waals surface area contributed by atoms with E-state index in [2.05, 4.69) is 35.0 Å². The summed E-state index contributed by atoms with van der Waals surface area (Å²) in [7, 11) is 0. The molecule has 0 bridgehead atoms. The van der Waals surface area contributed by atoms with Crippen LogP contribution in [-0.4, -0.2) is 5.78 Å². The van der Waals surface area contributed by atoms with Crippen molar-refractivity contribution in [3.05, 3.63) is 58.0 Å². The summed E-state index contributed by atoms with van der Waals surface area (Å²) in [5.41, 5.74) is 2.91. The molecular weight excluding hydrogens is 280 g/mol. The van der Waals surface area contributed by atoms with Gasteiger partial charge in [0.2, 0.25) is 0 Å². The average molecular weight is 293 g/mol. The average Bonchev–Trinajstić information content (AvgIpc) is 2.76. The summed E-state index contributed by atoms with van der Waals surface area (Å²) in [6.45, 7) is 2.11. The molecule has 0 spiro atoms. The molecule has 0 radical (unpaired) electrons. The maximum absolute atomic E-state index is 12.0. The molecule has 0 saturated carbocycles. The van der Waals surface area contributed by atoms with Crippen LogP contribution in [0.1, 0.15) is 28.4 Å². The van der Waals surface area contributed by atoms with Crippen molar-refractivity contribution >= 4 is 21.7 Å². The minimum absolute atomic E-state index is 0.0647. The lowest BCUT2D eigenvalue weighted by atomic mass is 10.0. The van der Waals surface area contributed by atoms with Crippen LogP contribution in [-0.2, 0) is 12.8 Å². The monoisotopic (exact) mass is 292 g/mol. The van der Waals surface area contributed by atoms with Crippen LogP contribution >= 0.6 is 15.9 Å². The molecule has 3 heteroatoms.